The first-order valence-corrected chi connectivity index (χ1v) is 6.82. The van der Waals surface area contributed by atoms with Crippen molar-refractivity contribution in [3.63, 3.8) is 0 Å². The number of carbonyl (C=O) groups is 1. The zero-order chi connectivity index (χ0) is 15.6. The summed E-state index contributed by atoms with van der Waals surface area (Å²) < 4.78 is 38.8. The number of aryl methyl sites for hydroxylation is 1. The average molecular weight is 315 g/mol. The first-order valence-electron chi connectivity index (χ1n) is 5.94. The monoisotopic (exact) mass is 315 g/mol. The molecule has 4 nitrogen and oxygen atoms in total. The average Bonchev–Trinajstić information content (AvgIpc) is 2.82. The largest absolute Gasteiger partial charge is 0.418 e. The molecule has 112 valence electrons. The van der Waals surface area contributed by atoms with Crippen LogP contribution in [0.3, 0.4) is 0 Å². The van der Waals surface area contributed by atoms with Gasteiger partial charge in [-0.1, -0.05) is 6.07 Å². The summed E-state index contributed by atoms with van der Waals surface area (Å²) >= 11 is 1.21. The van der Waals surface area contributed by atoms with E-state index < -0.39 is 17.6 Å². The van der Waals surface area contributed by atoms with Crippen molar-refractivity contribution in [1.82, 2.24) is 4.98 Å². The second kappa shape index (κ2) is 5.72. The van der Waals surface area contributed by atoms with Gasteiger partial charge in [-0.3, -0.25) is 10.1 Å². The number of amides is 1. The predicted octanol–water partition coefficient (Wildman–Crippen LogP) is 3.76. The Morgan fingerprint density at radius 1 is 1.33 bits per heavy atom. The van der Waals surface area contributed by atoms with E-state index in [1.807, 2.05) is 0 Å². The number of aromatic nitrogens is 1. The van der Waals surface area contributed by atoms with Crippen molar-refractivity contribution >= 4 is 28.1 Å². The number of hydrogen-bond donors (Lipinski definition) is 2. The number of nitrogens with one attached hydrogen (secondary N) is 2. The Morgan fingerprint density at radius 2 is 2.05 bits per heavy atom. The molecular weight excluding hydrogens is 303 g/mol. The van der Waals surface area contributed by atoms with Gasteiger partial charge in [0, 0.05) is 12.4 Å². The third-order valence-electron chi connectivity index (χ3n) is 2.70. The third-order valence-corrected chi connectivity index (χ3v) is 3.58. The Labute approximate surface area is 123 Å². The fourth-order valence-electron chi connectivity index (χ4n) is 1.82. The number of benzene rings is 1. The lowest BCUT2D eigenvalue weighted by Gasteiger charge is -2.15. The van der Waals surface area contributed by atoms with E-state index in [2.05, 4.69) is 15.6 Å². The number of anilines is 2. The van der Waals surface area contributed by atoms with Gasteiger partial charge in [0.1, 0.15) is 0 Å². The van der Waals surface area contributed by atoms with Crippen LogP contribution in [0.4, 0.5) is 24.0 Å². The molecule has 0 bridgehead atoms. The van der Waals surface area contributed by atoms with E-state index in [0.29, 0.717) is 5.13 Å². The van der Waals surface area contributed by atoms with E-state index in [1.165, 1.54) is 30.5 Å². The molecule has 1 amide bonds. The summed E-state index contributed by atoms with van der Waals surface area (Å²) in [6.07, 6.45) is -4.54. The van der Waals surface area contributed by atoms with Crippen molar-refractivity contribution < 1.29 is 18.0 Å². The third kappa shape index (κ3) is 3.33. The topological polar surface area (TPSA) is 54.0 Å². The smallest absolute Gasteiger partial charge is 0.387 e. The maximum atomic E-state index is 12.9. The van der Waals surface area contributed by atoms with Crippen LogP contribution < -0.4 is 10.6 Å². The Morgan fingerprint density at radius 3 is 2.57 bits per heavy atom. The number of para-hydroxylation sites is 1. The number of nitrogens with zero attached hydrogens (tertiary/aromatic N) is 1. The number of carbonyl (C=O) groups excluding carboxylic acids is 1. The lowest BCUT2D eigenvalue weighted by Crippen LogP contribution is -2.17. The molecule has 0 atom stereocenters. The predicted molar refractivity (Wildman–Crippen MR) is 75.8 cm³/mol. The van der Waals surface area contributed by atoms with E-state index in [9.17, 15) is 18.0 Å². The van der Waals surface area contributed by atoms with Gasteiger partial charge in [-0.2, -0.15) is 13.2 Å². The molecule has 1 heterocycles. The maximum Gasteiger partial charge on any atom is 0.418 e. The lowest BCUT2D eigenvalue weighted by molar-refractivity contribution is -0.136. The van der Waals surface area contributed by atoms with Gasteiger partial charge in [-0.15, -0.1) is 11.3 Å². The van der Waals surface area contributed by atoms with Crippen LogP contribution in [-0.2, 0) is 6.18 Å². The molecule has 0 unspecified atom stereocenters. The molecule has 0 saturated heterocycles. The van der Waals surface area contributed by atoms with Gasteiger partial charge in [-0.05, 0) is 19.1 Å². The molecule has 0 fully saturated rings. The highest BCUT2D eigenvalue weighted by Gasteiger charge is 2.35. The fourth-order valence-corrected chi connectivity index (χ4v) is 2.51. The molecule has 2 N–H and O–H groups in total. The Kier molecular flexibility index (Phi) is 4.17. The van der Waals surface area contributed by atoms with Crippen LogP contribution >= 0.6 is 11.3 Å². The molecule has 8 heteroatoms. The maximum absolute atomic E-state index is 12.9. The SMILES string of the molecule is CNc1c(C(=O)Nc2nc(C)cs2)cccc1C(F)(F)F. The minimum absolute atomic E-state index is 0.0832. The first-order chi connectivity index (χ1) is 9.82. The summed E-state index contributed by atoms with van der Waals surface area (Å²) in [5.74, 6) is -0.639. The van der Waals surface area contributed by atoms with E-state index in [-0.39, 0.29) is 11.3 Å². The normalized spacial score (nSPS) is 11.3. The van der Waals surface area contributed by atoms with Crippen molar-refractivity contribution in [2.75, 3.05) is 17.7 Å². The summed E-state index contributed by atoms with van der Waals surface area (Å²) in [5, 5.41) is 7.02. The van der Waals surface area contributed by atoms with Crippen LogP contribution in [0.15, 0.2) is 23.6 Å². The quantitative estimate of drug-likeness (QED) is 0.906. The van der Waals surface area contributed by atoms with Gasteiger partial charge >= 0.3 is 6.18 Å². The molecule has 0 radical (unpaired) electrons. The summed E-state index contributed by atoms with van der Waals surface area (Å²) in [7, 11) is 1.34. The molecule has 1 aromatic heterocycles. The summed E-state index contributed by atoms with van der Waals surface area (Å²) in [6, 6.07) is 3.46. The number of halogens is 3. The minimum atomic E-state index is -4.54. The Hall–Kier alpha value is -2.09. The fraction of sp³-hybridized carbons (Fsp3) is 0.231. The van der Waals surface area contributed by atoms with Crippen molar-refractivity contribution in [1.29, 1.82) is 0 Å². The second-order valence-corrected chi connectivity index (χ2v) is 5.08. The van der Waals surface area contributed by atoms with Crippen LogP contribution in [0, 0.1) is 6.92 Å². The van der Waals surface area contributed by atoms with Gasteiger partial charge in [-0.25, -0.2) is 4.98 Å². The number of alkyl halides is 3. The van der Waals surface area contributed by atoms with E-state index in [0.717, 1.165) is 11.8 Å². The summed E-state index contributed by atoms with van der Waals surface area (Å²) in [4.78, 5) is 16.2. The van der Waals surface area contributed by atoms with E-state index in [4.69, 9.17) is 0 Å². The molecular formula is C13H12F3N3OS. The molecule has 2 aromatic rings. The molecule has 21 heavy (non-hydrogen) atoms. The molecule has 0 aliphatic carbocycles. The van der Waals surface area contributed by atoms with Crippen LogP contribution in [0.1, 0.15) is 21.6 Å². The number of rotatable bonds is 3. The van der Waals surface area contributed by atoms with Gasteiger partial charge in [0.2, 0.25) is 0 Å². The highest BCUT2D eigenvalue weighted by Crippen LogP contribution is 2.36. The van der Waals surface area contributed by atoms with E-state index >= 15 is 0 Å². The van der Waals surface area contributed by atoms with Crippen LogP contribution in [0.25, 0.3) is 0 Å². The van der Waals surface area contributed by atoms with Gasteiger partial charge in [0.15, 0.2) is 5.13 Å². The number of thiazole rings is 1. The zero-order valence-corrected chi connectivity index (χ0v) is 12.0. The van der Waals surface area contributed by atoms with Gasteiger partial charge in [0.25, 0.3) is 5.91 Å². The standard InChI is InChI=1S/C13H12F3N3OS/c1-7-6-21-12(18-7)19-11(20)8-4-3-5-9(10(8)17-2)13(14,15)16/h3-6,17H,1-2H3,(H,18,19,20). The van der Waals surface area contributed by atoms with Crippen LogP contribution in [0.2, 0.25) is 0 Å². The lowest BCUT2D eigenvalue weighted by atomic mass is 10.1. The van der Waals surface area contributed by atoms with Crippen molar-refractivity contribution in [2.45, 2.75) is 13.1 Å². The van der Waals surface area contributed by atoms with Crippen molar-refractivity contribution in [2.24, 2.45) is 0 Å². The molecule has 1 aromatic carbocycles. The van der Waals surface area contributed by atoms with Gasteiger partial charge < -0.3 is 5.32 Å². The molecule has 0 saturated carbocycles. The number of hydrogen-bond acceptors (Lipinski definition) is 4. The summed E-state index contributed by atoms with van der Waals surface area (Å²) in [6.45, 7) is 1.76. The minimum Gasteiger partial charge on any atom is -0.387 e. The van der Waals surface area contributed by atoms with Crippen molar-refractivity contribution in [3.8, 4) is 0 Å². The Bertz CT molecular complexity index is 667. The molecule has 0 aliphatic rings. The zero-order valence-electron chi connectivity index (χ0n) is 11.2. The highest BCUT2D eigenvalue weighted by atomic mass is 32.1. The molecule has 0 aliphatic heterocycles. The van der Waals surface area contributed by atoms with Crippen LogP contribution in [0.5, 0.6) is 0 Å². The first kappa shape index (κ1) is 15.3. The van der Waals surface area contributed by atoms with Crippen molar-refractivity contribution in [3.05, 3.63) is 40.4 Å². The highest BCUT2D eigenvalue weighted by molar-refractivity contribution is 7.13. The molecule has 2 rings (SSSR count). The summed E-state index contributed by atoms with van der Waals surface area (Å²) in [5.41, 5.74) is -0.489. The van der Waals surface area contributed by atoms with Crippen LogP contribution in [-0.4, -0.2) is 17.9 Å². The Balaban J connectivity index is 2.37. The van der Waals surface area contributed by atoms with E-state index in [1.54, 1.807) is 12.3 Å². The molecule has 0 spiro atoms. The second-order valence-electron chi connectivity index (χ2n) is 4.22. The van der Waals surface area contributed by atoms with Gasteiger partial charge in [0.05, 0.1) is 22.5 Å².